The number of nitrogens with zero attached hydrogens (tertiary/aromatic N) is 2. The van der Waals surface area contributed by atoms with E-state index in [-0.39, 0.29) is 0 Å². The smallest absolute Gasteiger partial charge is 0.185 e. The topological polar surface area (TPSA) is 37.4 Å². The average molecular weight is 241 g/mol. The third-order valence-corrected chi connectivity index (χ3v) is 3.97. The van der Waals surface area contributed by atoms with E-state index in [4.69, 9.17) is 4.74 Å². The van der Waals surface area contributed by atoms with Gasteiger partial charge >= 0.3 is 0 Å². The molecule has 90 valence electrons. The van der Waals surface area contributed by atoms with Crippen molar-refractivity contribution in [2.24, 2.45) is 0 Å². The molecule has 2 rings (SSSR count). The molecule has 0 spiro atoms. The van der Waals surface area contributed by atoms with Crippen LogP contribution in [0.25, 0.3) is 0 Å². The zero-order chi connectivity index (χ0) is 11.5. The van der Waals surface area contributed by atoms with Crippen LogP contribution in [-0.2, 0) is 17.9 Å². The van der Waals surface area contributed by atoms with Crippen LogP contribution in [0.3, 0.4) is 0 Å². The summed E-state index contributed by atoms with van der Waals surface area (Å²) >= 11 is 1.77. The van der Waals surface area contributed by atoms with Crippen LogP contribution < -0.4 is 10.2 Å². The van der Waals surface area contributed by atoms with E-state index in [1.54, 1.807) is 18.4 Å². The zero-order valence-corrected chi connectivity index (χ0v) is 10.9. The van der Waals surface area contributed by atoms with Crippen molar-refractivity contribution in [3.63, 3.8) is 0 Å². The predicted octanol–water partition coefficient (Wildman–Crippen LogP) is 1.61. The number of nitrogens with one attached hydrogen (secondary N) is 1. The summed E-state index contributed by atoms with van der Waals surface area (Å²) in [6.07, 6.45) is 2.61. The number of thiazole rings is 1. The summed E-state index contributed by atoms with van der Waals surface area (Å²) in [7, 11) is 5.81. The molecule has 0 aliphatic heterocycles. The van der Waals surface area contributed by atoms with Gasteiger partial charge in [-0.05, 0) is 19.9 Å². The molecule has 16 heavy (non-hydrogen) atoms. The van der Waals surface area contributed by atoms with Gasteiger partial charge in [0.2, 0.25) is 0 Å². The van der Waals surface area contributed by atoms with Gasteiger partial charge in [-0.1, -0.05) is 0 Å². The molecule has 0 aromatic carbocycles. The maximum Gasteiger partial charge on any atom is 0.185 e. The molecule has 1 heterocycles. The molecular weight excluding hydrogens is 222 g/mol. The lowest BCUT2D eigenvalue weighted by Gasteiger charge is -2.13. The molecule has 0 unspecified atom stereocenters. The van der Waals surface area contributed by atoms with Crippen LogP contribution in [0.2, 0.25) is 0 Å². The van der Waals surface area contributed by atoms with Crippen LogP contribution >= 0.6 is 11.3 Å². The Labute approximate surface area is 101 Å². The standard InChI is InChI=1S/C11H19N3OS/c1-12-6-10-9(7-15-3)13-11(16-10)14(2)8-4-5-8/h8,12H,4-7H2,1-3H3. The minimum absolute atomic E-state index is 0.603. The van der Waals surface area contributed by atoms with Crippen molar-refractivity contribution >= 4 is 16.5 Å². The lowest BCUT2D eigenvalue weighted by Crippen LogP contribution is -2.19. The van der Waals surface area contributed by atoms with Crippen LogP contribution in [0.15, 0.2) is 0 Å². The summed E-state index contributed by atoms with van der Waals surface area (Å²) < 4.78 is 5.18. The Morgan fingerprint density at radius 1 is 1.56 bits per heavy atom. The van der Waals surface area contributed by atoms with Gasteiger partial charge in [-0.25, -0.2) is 4.98 Å². The molecule has 0 radical (unpaired) electrons. The number of aromatic nitrogens is 1. The summed E-state index contributed by atoms with van der Waals surface area (Å²) in [5, 5.41) is 4.30. The molecule has 1 saturated carbocycles. The second kappa shape index (κ2) is 5.12. The van der Waals surface area contributed by atoms with E-state index >= 15 is 0 Å². The molecule has 1 fully saturated rings. The van der Waals surface area contributed by atoms with E-state index in [1.165, 1.54) is 17.7 Å². The number of methoxy groups -OCH3 is 1. The Balaban J connectivity index is 2.15. The van der Waals surface area contributed by atoms with E-state index in [9.17, 15) is 0 Å². The molecule has 0 atom stereocenters. The van der Waals surface area contributed by atoms with Gasteiger partial charge in [0.15, 0.2) is 5.13 Å². The highest BCUT2D eigenvalue weighted by molar-refractivity contribution is 7.15. The fourth-order valence-corrected chi connectivity index (χ4v) is 2.79. The van der Waals surface area contributed by atoms with Gasteiger partial charge in [-0.2, -0.15) is 0 Å². The number of rotatable bonds is 6. The summed E-state index contributed by atoms with van der Waals surface area (Å²) in [5.41, 5.74) is 1.07. The Morgan fingerprint density at radius 2 is 2.31 bits per heavy atom. The molecule has 0 bridgehead atoms. The fourth-order valence-electron chi connectivity index (χ4n) is 1.69. The fraction of sp³-hybridized carbons (Fsp3) is 0.727. The maximum atomic E-state index is 5.18. The van der Waals surface area contributed by atoms with E-state index in [0.29, 0.717) is 12.6 Å². The second-order valence-electron chi connectivity index (χ2n) is 4.17. The molecule has 1 aliphatic carbocycles. The number of ether oxygens (including phenoxy) is 1. The van der Waals surface area contributed by atoms with Crippen molar-refractivity contribution in [3.8, 4) is 0 Å². The van der Waals surface area contributed by atoms with Gasteiger partial charge in [0.1, 0.15) is 0 Å². The quantitative estimate of drug-likeness (QED) is 0.821. The second-order valence-corrected chi connectivity index (χ2v) is 5.23. The Bertz CT molecular complexity index is 325. The van der Waals surface area contributed by atoms with Gasteiger partial charge in [0, 0.05) is 31.6 Å². The van der Waals surface area contributed by atoms with Crippen LogP contribution in [0.1, 0.15) is 23.4 Å². The lowest BCUT2D eigenvalue weighted by molar-refractivity contribution is 0.181. The SMILES string of the molecule is CNCc1sc(N(C)C2CC2)nc1COC. The van der Waals surface area contributed by atoms with Crippen molar-refractivity contribution in [1.82, 2.24) is 10.3 Å². The Hall–Kier alpha value is -0.650. The van der Waals surface area contributed by atoms with Crippen LogP contribution in [0.4, 0.5) is 5.13 Å². The van der Waals surface area contributed by atoms with Crippen molar-refractivity contribution in [3.05, 3.63) is 10.6 Å². The molecular formula is C11H19N3OS. The van der Waals surface area contributed by atoms with Gasteiger partial charge in [-0.15, -0.1) is 11.3 Å². The average Bonchev–Trinajstić information content (AvgIpc) is 3.04. The van der Waals surface area contributed by atoms with Crippen molar-refractivity contribution in [2.75, 3.05) is 26.1 Å². The first kappa shape index (κ1) is 11.8. The zero-order valence-electron chi connectivity index (χ0n) is 10.1. The van der Waals surface area contributed by atoms with Crippen LogP contribution in [-0.4, -0.2) is 32.2 Å². The monoisotopic (exact) mass is 241 g/mol. The first-order valence-corrected chi connectivity index (χ1v) is 6.43. The van der Waals surface area contributed by atoms with E-state index in [2.05, 4.69) is 22.2 Å². The molecule has 1 N–H and O–H groups in total. The summed E-state index contributed by atoms with van der Waals surface area (Å²) in [5.74, 6) is 0. The van der Waals surface area contributed by atoms with Gasteiger partial charge < -0.3 is 15.0 Å². The highest BCUT2D eigenvalue weighted by Crippen LogP contribution is 2.34. The minimum atomic E-state index is 0.603. The van der Waals surface area contributed by atoms with E-state index in [0.717, 1.165) is 17.4 Å². The van der Waals surface area contributed by atoms with Gasteiger partial charge in [0.05, 0.1) is 12.3 Å². The summed E-state index contributed by atoms with van der Waals surface area (Å²) in [6.45, 7) is 1.47. The molecule has 5 heteroatoms. The predicted molar refractivity (Wildman–Crippen MR) is 67.0 cm³/mol. The van der Waals surface area contributed by atoms with Gasteiger partial charge in [-0.3, -0.25) is 0 Å². The van der Waals surface area contributed by atoms with Crippen LogP contribution in [0, 0.1) is 0 Å². The first-order chi connectivity index (χ1) is 7.76. The van der Waals surface area contributed by atoms with Crippen molar-refractivity contribution < 1.29 is 4.74 Å². The van der Waals surface area contributed by atoms with Crippen molar-refractivity contribution in [1.29, 1.82) is 0 Å². The number of hydrogen-bond donors (Lipinski definition) is 1. The molecule has 1 aromatic heterocycles. The van der Waals surface area contributed by atoms with Crippen LogP contribution in [0.5, 0.6) is 0 Å². The highest BCUT2D eigenvalue weighted by atomic mass is 32.1. The normalized spacial score (nSPS) is 15.4. The first-order valence-electron chi connectivity index (χ1n) is 5.61. The third kappa shape index (κ3) is 2.53. The Morgan fingerprint density at radius 3 is 2.88 bits per heavy atom. The lowest BCUT2D eigenvalue weighted by atomic mass is 10.4. The molecule has 1 aromatic rings. The van der Waals surface area contributed by atoms with Gasteiger partial charge in [0.25, 0.3) is 0 Å². The molecule has 4 nitrogen and oxygen atoms in total. The maximum absolute atomic E-state index is 5.18. The van der Waals surface area contributed by atoms with Crippen molar-refractivity contribution in [2.45, 2.75) is 32.0 Å². The molecule has 0 saturated heterocycles. The minimum Gasteiger partial charge on any atom is -0.378 e. The molecule has 0 amide bonds. The van der Waals surface area contributed by atoms with E-state index in [1.807, 2.05) is 7.05 Å². The number of anilines is 1. The van der Waals surface area contributed by atoms with E-state index < -0.39 is 0 Å². The largest absolute Gasteiger partial charge is 0.378 e. The summed E-state index contributed by atoms with van der Waals surface area (Å²) in [6, 6.07) is 0.712. The summed E-state index contributed by atoms with van der Waals surface area (Å²) in [4.78, 5) is 8.24. The highest BCUT2D eigenvalue weighted by Gasteiger charge is 2.28. The third-order valence-electron chi connectivity index (χ3n) is 2.78. The molecule has 1 aliphatic rings. The Kier molecular flexibility index (Phi) is 3.78. The number of hydrogen-bond acceptors (Lipinski definition) is 5.